The zero-order valence-corrected chi connectivity index (χ0v) is 22.7. The number of nitrogens with zero attached hydrogens (tertiary/aromatic N) is 3. The van der Waals surface area contributed by atoms with Crippen LogP contribution in [0, 0.1) is 13.8 Å². The molecule has 4 aromatic carbocycles. The highest BCUT2D eigenvalue weighted by atomic mass is 15.1. The van der Waals surface area contributed by atoms with Crippen LogP contribution in [-0.2, 0) is 7.05 Å². The SMILES string of the molecule is Cc1cc(-c2ccc3c(c2)c2ccccc2n3C2C=CC=CC2)cc(C)c1-n1cc[n+](C)c1-c1ccccc1. The topological polar surface area (TPSA) is 13.7 Å². The monoisotopic (exact) mass is 506 g/mol. The van der Waals surface area contributed by atoms with Gasteiger partial charge in [0.15, 0.2) is 0 Å². The van der Waals surface area contributed by atoms with E-state index in [1.165, 1.54) is 61.1 Å². The van der Waals surface area contributed by atoms with Crippen molar-refractivity contribution in [2.45, 2.75) is 26.3 Å². The van der Waals surface area contributed by atoms with E-state index in [2.05, 4.69) is 156 Å². The van der Waals surface area contributed by atoms with Gasteiger partial charge in [-0.2, -0.15) is 4.57 Å². The quantitative estimate of drug-likeness (QED) is 0.213. The fourth-order valence-corrected chi connectivity index (χ4v) is 6.39. The lowest BCUT2D eigenvalue weighted by Gasteiger charge is -2.18. The summed E-state index contributed by atoms with van der Waals surface area (Å²) in [6.45, 7) is 4.46. The summed E-state index contributed by atoms with van der Waals surface area (Å²) in [4.78, 5) is 0. The minimum absolute atomic E-state index is 0.341. The predicted octanol–water partition coefficient (Wildman–Crippen LogP) is 8.42. The second kappa shape index (κ2) is 9.28. The summed E-state index contributed by atoms with van der Waals surface area (Å²) in [7, 11) is 2.11. The maximum absolute atomic E-state index is 2.51. The van der Waals surface area contributed by atoms with E-state index in [1.54, 1.807) is 0 Å². The molecule has 0 aliphatic heterocycles. The summed E-state index contributed by atoms with van der Waals surface area (Å²) in [6, 6.07) is 31.5. The van der Waals surface area contributed by atoms with Crippen LogP contribution in [0.2, 0.25) is 0 Å². The molecule has 190 valence electrons. The fraction of sp³-hybridized carbons (Fsp3) is 0.139. The molecule has 0 spiro atoms. The van der Waals surface area contributed by atoms with Crippen molar-refractivity contribution in [2.24, 2.45) is 7.05 Å². The minimum atomic E-state index is 0.341. The average Bonchev–Trinajstić information content (AvgIpc) is 3.51. The number of benzene rings is 4. The Morgan fingerprint density at radius 3 is 2.23 bits per heavy atom. The Morgan fingerprint density at radius 2 is 1.46 bits per heavy atom. The van der Waals surface area contributed by atoms with Crippen LogP contribution in [-0.4, -0.2) is 9.13 Å². The van der Waals surface area contributed by atoms with Gasteiger partial charge in [-0.25, -0.2) is 4.57 Å². The Bertz CT molecular complexity index is 1890. The molecule has 1 unspecified atom stereocenters. The summed E-state index contributed by atoms with van der Waals surface area (Å²) in [5.74, 6) is 1.18. The normalized spacial score (nSPS) is 15.0. The maximum Gasteiger partial charge on any atom is 0.293 e. The Kier molecular flexibility index (Phi) is 5.59. The molecule has 6 aromatic rings. The molecule has 2 heterocycles. The van der Waals surface area contributed by atoms with Gasteiger partial charge in [0, 0.05) is 21.8 Å². The molecule has 0 fully saturated rings. The van der Waals surface area contributed by atoms with Gasteiger partial charge in [-0.05, 0) is 85.0 Å². The van der Waals surface area contributed by atoms with Crippen LogP contribution >= 0.6 is 0 Å². The van der Waals surface area contributed by atoms with Crippen molar-refractivity contribution in [3.63, 3.8) is 0 Å². The van der Waals surface area contributed by atoms with Gasteiger partial charge >= 0.3 is 0 Å². The lowest BCUT2D eigenvalue weighted by Crippen LogP contribution is -2.29. The summed E-state index contributed by atoms with van der Waals surface area (Å²) in [5, 5.41) is 2.63. The third-order valence-corrected chi connectivity index (χ3v) is 8.10. The van der Waals surface area contributed by atoms with E-state index < -0.39 is 0 Å². The number of aromatic nitrogens is 3. The van der Waals surface area contributed by atoms with Gasteiger partial charge in [0.25, 0.3) is 5.82 Å². The molecule has 39 heavy (non-hydrogen) atoms. The number of hydrogen-bond donors (Lipinski definition) is 0. The summed E-state index contributed by atoms with van der Waals surface area (Å²) in [6.07, 6.45) is 14.2. The van der Waals surface area contributed by atoms with E-state index >= 15 is 0 Å². The Hall–Kier alpha value is -4.63. The molecule has 7 rings (SSSR count). The van der Waals surface area contributed by atoms with E-state index in [0.717, 1.165) is 6.42 Å². The van der Waals surface area contributed by atoms with Gasteiger partial charge in [0.05, 0.1) is 18.7 Å². The van der Waals surface area contributed by atoms with E-state index in [0.29, 0.717) is 6.04 Å². The first kappa shape index (κ1) is 23.5. The Morgan fingerprint density at radius 1 is 0.718 bits per heavy atom. The molecular formula is C36H32N3+. The highest BCUT2D eigenvalue weighted by molar-refractivity contribution is 6.09. The third-order valence-electron chi connectivity index (χ3n) is 8.10. The first-order chi connectivity index (χ1) is 19.1. The zero-order chi connectivity index (χ0) is 26.5. The summed E-state index contributed by atoms with van der Waals surface area (Å²) in [5.41, 5.74) is 10.1. The zero-order valence-electron chi connectivity index (χ0n) is 22.7. The van der Waals surface area contributed by atoms with Crippen molar-refractivity contribution in [3.8, 4) is 28.2 Å². The summed E-state index contributed by atoms with van der Waals surface area (Å²) < 4.78 is 7.03. The fourth-order valence-electron chi connectivity index (χ4n) is 6.39. The molecule has 1 aliphatic rings. The number of hydrogen-bond acceptors (Lipinski definition) is 0. The Balaban J connectivity index is 1.36. The molecule has 2 aromatic heterocycles. The lowest BCUT2D eigenvalue weighted by molar-refractivity contribution is -0.659. The first-order valence-electron chi connectivity index (χ1n) is 13.7. The number of rotatable bonds is 4. The minimum Gasteiger partial charge on any atom is -0.333 e. The van der Waals surface area contributed by atoms with E-state index in [4.69, 9.17) is 0 Å². The molecule has 0 N–H and O–H groups in total. The molecule has 1 aliphatic carbocycles. The van der Waals surface area contributed by atoms with Crippen molar-refractivity contribution >= 4 is 21.8 Å². The average molecular weight is 507 g/mol. The van der Waals surface area contributed by atoms with Gasteiger partial charge in [-0.1, -0.05) is 66.8 Å². The van der Waals surface area contributed by atoms with Crippen LogP contribution in [0.4, 0.5) is 0 Å². The molecule has 0 bridgehead atoms. The van der Waals surface area contributed by atoms with Crippen LogP contribution in [0.3, 0.4) is 0 Å². The Labute approximate surface area is 229 Å². The van der Waals surface area contributed by atoms with Crippen LogP contribution in [0.15, 0.2) is 122 Å². The number of aryl methyl sites for hydroxylation is 3. The van der Waals surface area contributed by atoms with Crippen LogP contribution in [0.25, 0.3) is 50.0 Å². The molecule has 3 nitrogen and oxygen atoms in total. The molecule has 0 saturated heterocycles. The van der Waals surface area contributed by atoms with Gasteiger partial charge < -0.3 is 4.57 Å². The number of allylic oxidation sites excluding steroid dienone is 4. The number of para-hydroxylation sites is 1. The maximum atomic E-state index is 2.51. The second-order valence-electron chi connectivity index (χ2n) is 10.7. The third kappa shape index (κ3) is 3.85. The smallest absolute Gasteiger partial charge is 0.293 e. The van der Waals surface area contributed by atoms with Crippen LogP contribution < -0.4 is 4.57 Å². The van der Waals surface area contributed by atoms with Crippen molar-refractivity contribution in [1.29, 1.82) is 0 Å². The standard InChI is InChI=1S/C36H32N3/c1-25-22-29(23-26(2)35(25)38-21-20-37(3)36(38)27-12-6-4-7-13-27)28-18-19-34-32(24-28)31-16-10-11-17-33(31)39(34)30-14-8-5-9-15-30/h4-14,16-24,30H,15H2,1-3H3/q+1. The molecule has 0 saturated carbocycles. The second-order valence-corrected chi connectivity index (χ2v) is 10.7. The molecular weight excluding hydrogens is 474 g/mol. The first-order valence-corrected chi connectivity index (χ1v) is 13.7. The van der Waals surface area contributed by atoms with Gasteiger partial charge in [-0.3, -0.25) is 0 Å². The van der Waals surface area contributed by atoms with Crippen molar-refractivity contribution in [1.82, 2.24) is 9.13 Å². The van der Waals surface area contributed by atoms with Gasteiger partial charge in [-0.15, -0.1) is 0 Å². The molecule has 0 radical (unpaired) electrons. The lowest BCUT2D eigenvalue weighted by atomic mass is 9.97. The van der Waals surface area contributed by atoms with Gasteiger partial charge in [0.1, 0.15) is 18.1 Å². The molecule has 3 heteroatoms. The van der Waals surface area contributed by atoms with E-state index in [1.807, 2.05) is 0 Å². The number of imidazole rings is 1. The van der Waals surface area contributed by atoms with Crippen molar-refractivity contribution < 1.29 is 4.57 Å². The predicted molar refractivity (Wildman–Crippen MR) is 162 cm³/mol. The highest BCUT2D eigenvalue weighted by Gasteiger charge is 2.23. The highest BCUT2D eigenvalue weighted by Crippen LogP contribution is 2.37. The molecule has 1 atom stereocenters. The van der Waals surface area contributed by atoms with Crippen LogP contribution in [0.1, 0.15) is 23.6 Å². The van der Waals surface area contributed by atoms with Crippen molar-refractivity contribution in [2.75, 3.05) is 0 Å². The number of fused-ring (bicyclic) bond motifs is 3. The van der Waals surface area contributed by atoms with Gasteiger partial charge in [0.2, 0.25) is 0 Å². The van der Waals surface area contributed by atoms with E-state index in [-0.39, 0.29) is 0 Å². The molecule has 0 amide bonds. The largest absolute Gasteiger partial charge is 0.333 e. The van der Waals surface area contributed by atoms with E-state index in [9.17, 15) is 0 Å². The van der Waals surface area contributed by atoms with Crippen molar-refractivity contribution in [3.05, 3.63) is 133 Å². The van der Waals surface area contributed by atoms with Crippen LogP contribution in [0.5, 0.6) is 0 Å². The summed E-state index contributed by atoms with van der Waals surface area (Å²) >= 11 is 0.